The van der Waals surface area contributed by atoms with Crippen LogP contribution in [-0.2, 0) is 89.5 Å². The van der Waals surface area contributed by atoms with E-state index in [9.17, 15) is 84.7 Å². The van der Waals surface area contributed by atoms with Gasteiger partial charge in [-0.3, -0.25) is 37.5 Å². The second kappa shape index (κ2) is 50.1. The van der Waals surface area contributed by atoms with Gasteiger partial charge in [-0.2, -0.15) is 0 Å². The van der Waals surface area contributed by atoms with E-state index in [2.05, 4.69) is 41.9 Å². The SMILES string of the molecule is C/C=C\C(CCCCCC)C(=O)OC[C@H](COP(=O)(OC)OCCNC(=O)CCCCC(=O)NCCCO[C@@H]1OC(CO)[C@H](O)[C@](O[C@@H]2OC(CO)[C@H](O)[C@H](O)C2O[C@@H]2OC(C)[C@@H](O)[C@H](O)C2O)(O[C@@H]2OC(C)[C@@H](O)C(O)[C@@H]2O)C1NC(C)=O)OC(=O)CCCCCCC/C=C/CCCCCCCC. The van der Waals surface area contributed by atoms with Crippen LogP contribution in [0.15, 0.2) is 24.3 Å². The minimum atomic E-state index is -4.30. The number of unbranched alkanes of at least 4 members (excludes halogenated alkanes) is 15. The third kappa shape index (κ3) is 30.9. The average molecular weight is 1520 g/mol. The van der Waals surface area contributed by atoms with Crippen molar-refractivity contribution in [3.05, 3.63) is 24.3 Å². The Balaban J connectivity index is 1.30. The third-order valence-corrected chi connectivity index (χ3v) is 19.8. The summed E-state index contributed by atoms with van der Waals surface area (Å²) in [4.78, 5) is 65.4. The van der Waals surface area contributed by atoms with E-state index in [1.165, 1.54) is 52.4 Å². The summed E-state index contributed by atoms with van der Waals surface area (Å²) >= 11 is 0. The van der Waals surface area contributed by atoms with Gasteiger partial charge in [-0.1, -0.05) is 115 Å². The van der Waals surface area contributed by atoms with Crippen LogP contribution in [0, 0.1) is 5.92 Å². The number of phosphoric acid groups is 1. The van der Waals surface area contributed by atoms with Crippen LogP contribution in [0.1, 0.15) is 196 Å². The Kier molecular flexibility index (Phi) is 44.6. The Bertz CT molecular complexity index is 2550. The molecule has 0 aromatic rings. The van der Waals surface area contributed by atoms with Crippen LogP contribution in [-0.4, -0.2) is 274 Å². The normalized spacial score (nSPS) is 31.5. The number of esters is 2. The van der Waals surface area contributed by atoms with Crippen molar-refractivity contribution in [2.24, 2.45) is 5.92 Å². The molecular formula is C70H124N3O30P. The molecule has 604 valence electrons. The quantitative estimate of drug-likeness (QED) is 0.0137. The predicted octanol–water partition coefficient (Wildman–Crippen LogP) is 2.42. The Morgan fingerprint density at radius 2 is 1.11 bits per heavy atom. The molecule has 0 bridgehead atoms. The first-order chi connectivity index (χ1) is 49.7. The molecule has 10 unspecified atom stereocenters. The molecule has 3 amide bonds. The maximum atomic E-state index is 13.6. The molecule has 4 aliphatic rings. The van der Waals surface area contributed by atoms with Gasteiger partial charge in [-0.05, 0) is 78.6 Å². The van der Waals surface area contributed by atoms with E-state index in [1.54, 1.807) is 12.2 Å². The molecule has 23 atom stereocenters. The predicted molar refractivity (Wildman–Crippen MR) is 371 cm³/mol. The first-order valence-electron chi connectivity index (χ1n) is 37.2. The molecule has 0 spiro atoms. The van der Waals surface area contributed by atoms with Crippen molar-refractivity contribution in [2.45, 2.75) is 324 Å². The van der Waals surface area contributed by atoms with Crippen molar-refractivity contribution in [3.63, 3.8) is 0 Å². The Morgan fingerprint density at radius 1 is 0.567 bits per heavy atom. The van der Waals surface area contributed by atoms with E-state index >= 15 is 0 Å². The molecule has 4 saturated heterocycles. The number of nitrogens with one attached hydrogen (secondary N) is 3. The smallest absolute Gasteiger partial charge is 0.461 e. The van der Waals surface area contributed by atoms with E-state index in [-0.39, 0.29) is 71.4 Å². The van der Waals surface area contributed by atoms with Gasteiger partial charge in [0.05, 0.1) is 51.2 Å². The van der Waals surface area contributed by atoms with Crippen LogP contribution in [0.25, 0.3) is 0 Å². The van der Waals surface area contributed by atoms with Crippen LogP contribution in [0.5, 0.6) is 0 Å². The molecule has 104 heavy (non-hydrogen) atoms. The van der Waals surface area contributed by atoms with Gasteiger partial charge >= 0.3 is 19.8 Å². The molecule has 0 aromatic carbocycles. The molecular weight excluding hydrogens is 1390 g/mol. The van der Waals surface area contributed by atoms with E-state index in [4.69, 9.17) is 60.9 Å². The summed E-state index contributed by atoms with van der Waals surface area (Å²) in [5.74, 6) is -6.28. The monoisotopic (exact) mass is 1520 g/mol. The van der Waals surface area contributed by atoms with Gasteiger partial charge in [-0.25, -0.2) is 4.57 Å². The molecule has 0 saturated carbocycles. The summed E-state index contributed by atoms with van der Waals surface area (Å²) in [7, 11) is -3.20. The molecule has 4 fully saturated rings. The molecule has 0 radical (unpaired) electrons. The lowest BCUT2D eigenvalue weighted by Gasteiger charge is -2.55. The summed E-state index contributed by atoms with van der Waals surface area (Å²) in [5.41, 5.74) is 0. The van der Waals surface area contributed by atoms with E-state index < -0.39 is 192 Å². The minimum absolute atomic E-state index is 0.00372. The number of carbonyl (C=O) groups excluding carboxylic acids is 5. The number of amides is 3. The number of ether oxygens (including phenoxy) is 10. The largest absolute Gasteiger partial charge is 0.474 e. The number of hydrogen-bond donors (Lipinski definition) is 14. The highest BCUT2D eigenvalue weighted by Gasteiger charge is 2.65. The highest BCUT2D eigenvalue weighted by molar-refractivity contribution is 7.48. The first-order valence-corrected chi connectivity index (χ1v) is 38.7. The standard InChI is InChI=1S/C70H124N3O30P/c1-8-11-13-15-16-17-18-19-20-21-22-23-24-25-27-35-53(79)98-48(42-93-65(89)47(31-10-3)32-26-14-12-9-2)43-95-104(90,91-7)94-39-37-72-52(78)34-29-28-33-51(77)71-36-30-38-92-69-63(73-46(6)76)70(64(88)50(41-75)100-69,102-67-61(87)58(84)55(81)45(5)97-67)103-68-62(59(85)56(82)49(40-74)99-68)101-66-60(86)57(83)54(80)44(4)96-66/h10,19-20,31,44-45,47-50,54-64,66-69,74-75,80-88H,8-9,11-18,21-30,32-43H2,1-7H3,(H,71,77)(H,72,78)(H,73,76)/b20-19+,31-10-/t44?,45?,47?,48-,49?,50?,54-,55-,56+,57+,58?,59+,60?,61+,62?,63?,64+,66+,67+,68+,69-,70+,104?/m1/s1. The molecule has 4 rings (SSSR count). The number of hydrogen-bond acceptors (Lipinski definition) is 30. The lowest BCUT2D eigenvalue weighted by Crippen LogP contribution is -2.77. The molecule has 14 N–H and O–H groups in total. The topological polar surface area (TPSA) is 481 Å². The summed E-state index contributed by atoms with van der Waals surface area (Å²) in [6.07, 6.45) is -7.67. The summed E-state index contributed by atoms with van der Waals surface area (Å²) in [6.45, 7) is 6.05. The summed E-state index contributed by atoms with van der Waals surface area (Å²) in [6, 6.07) is -1.97. The maximum Gasteiger partial charge on any atom is 0.474 e. The fourth-order valence-electron chi connectivity index (χ4n) is 12.2. The number of aliphatic hydroxyl groups is 11. The van der Waals surface area contributed by atoms with Crippen LogP contribution < -0.4 is 16.0 Å². The van der Waals surface area contributed by atoms with E-state index in [1.807, 2.05) is 6.92 Å². The fraction of sp³-hybridized carbons (Fsp3) is 0.871. The maximum absolute atomic E-state index is 13.6. The zero-order chi connectivity index (χ0) is 76.8. The molecule has 0 aromatic heterocycles. The number of aliphatic hydroxyl groups excluding tert-OH is 11. The van der Waals surface area contributed by atoms with Crippen LogP contribution >= 0.6 is 7.82 Å². The second-order valence-corrected chi connectivity index (χ2v) is 28.7. The summed E-state index contributed by atoms with van der Waals surface area (Å²) < 4.78 is 88.8. The van der Waals surface area contributed by atoms with Gasteiger partial charge in [0.2, 0.25) is 23.5 Å². The van der Waals surface area contributed by atoms with Crippen molar-refractivity contribution in [2.75, 3.05) is 59.8 Å². The fourth-order valence-corrected chi connectivity index (χ4v) is 13.1. The average Bonchev–Trinajstić information content (AvgIpc) is 0.733. The van der Waals surface area contributed by atoms with Crippen LogP contribution in [0.2, 0.25) is 0 Å². The van der Waals surface area contributed by atoms with Crippen molar-refractivity contribution in [1.29, 1.82) is 0 Å². The lowest BCUT2D eigenvalue weighted by atomic mass is 9.90. The summed E-state index contributed by atoms with van der Waals surface area (Å²) in [5, 5.41) is 128. The van der Waals surface area contributed by atoms with Gasteiger partial charge in [0.15, 0.2) is 31.3 Å². The number of carbonyl (C=O) groups is 5. The van der Waals surface area contributed by atoms with Gasteiger partial charge in [0, 0.05) is 46.4 Å². The third-order valence-electron chi connectivity index (χ3n) is 18.4. The van der Waals surface area contributed by atoms with E-state index in [0.717, 1.165) is 78.2 Å². The van der Waals surface area contributed by atoms with Gasteiger partial charge in [-0.15, -0.1) is 0 Å². The van der Waals surface area contributed by atoms with Gasteiger partial charge in [0.25, 0.3) is 0 Å². The first kappa shape index (κ1) is 92.6. The van der Waals surface area contributed by atoms with Crippen molar-refractivity contribution >= 4 is 37.5 Å². The second-order valence-electron chi connectivity index (χ2n) is 26.9. The Morgan fingerprint density at radius 3 is 1.69 bits per heavy atom. The zero-order valence-corrected chi connectivity index (χ0v) is 62.6. The zero-order valence-electron chi connectivity index (χ0n) is 61.7. The minimum Gasteiger partial charge on any atom is -0.461 e. The lowest BCUT2D eigenvalue weighted by molar-refractivity contribution is -0.469. The van der Waals surface area contributed by atoms with Gasteiger partial charge in [0.1, 0.15) is 85.9 Å². The number of allylic oxidation sites excluding steroid dienone is 3. The van der Waals surface area contributed by atoms with Crippen molar-refractivity contribution in [1.82, 2.24) is 16.0 Å². The number of phosphoric ester groups is 1. The molecule has 4 aliphatic heterocycles. The Labute approximate surface area is 611 Å². The number of rotatable bonds is 52. The highest BCUT2D eigenvalue weighted by atomic mass is 31.2. The van der Waals surface area contributed by atoms with Crippen LogP contribution in [0.4, 0.5) is 0 Å². The Hall–Kier alpha value is -3.82. The molecule has 0 aliphatic carbocycles. The molecule has 33 nitrogen and oxygen atoms in total. The van der Waals surface area contributed by atoms with E-state index in [0.29, 0.717) is 12.8 Å². The van der Waals surface area contributed by atoms with Crippen molar-refractivity contribution < 1.29 is 146 Å². The molecule has 34 heteroatoms. The highest BCUT2D eigenvalue weighted by Crippen LogP contribution is 2.49. The van der Waals surface area contributed by atoms with Gasteiger partial charge < -0.3 is 119 Å². The van der Waals surface area contributed by atoms with Crippen molar-refractivity contribution in [3.8, 4) is 0 Å². The van der Waals surface area contributed by atoms with Crippen LogP contribution in [0.3, 0.4) is 0 Å². The molecule has 4 heterocycles.